The zero-order valence-corrected chi connectivity index (χ0v) is 13.6. The van der Waals surface area contributed by atoms with Crippen LogP contribution >= 0.6 is 0 Å². The predicted octanol–water partition coefficient (Wildman–Crippen LogP) is 3.38. The second-order valence-electron chi connectivity index (χ2n) is 6.43. The van der Waals surface area contributed by atoms with Gasteiger partial charge in [0.1, 0.15) is 11.3 Å². The van der Waals surface area contributed by atoms with Gasteiger partial charge in [-0.1, -0.05) is 29.8 Å². The lowest BCUT2D eigenvalue weighted by molar-refractivity contribution is 0.318. The van der Waals surface area contributed by atoms with Gasteiger partial charge in [0.15, 0.2) is 5.65 Å². The van der Waals surface area contributed by atoms with Crippen molar-refractivity contribution in [1.29, 1.82) is 0 Å². The third-order valence-corrected chi connectivity index (χ3v) is 4.61. The quantitative estimate of drug-likeness (QED) is 0.741. The summed E-state index contributed by atoms with van der Waals surface area (Å²) in [5.41, 5.74) is 4.57. The third kappa shape index (κ3) is 2.99. The first kappa shape index (κ1) is 14.4. The summed E-state index contributed by atoms with van der Waals surface area (Å²) in [5.74, 6) is 1.13. The number of hydrogen-bond acceptors (Lipinski definition) is 3. The maximum Gasteiger partial charge on any atom is 0.160 e. The number of nitrogens with zero attached hydrogens (tertiary/aromatic N) is 4. The molecule has 0 radical (unpaired) electrons. The summed E-state index contributed by atoms with van der Waals surface area (Å²) in [6.45, 7) is 6.23. The Morgan fingerprint density at radius 3 is 2.57 bits per heavy atom. The van der Waals surface area contributed by atoms with Gasteiger partial charge in [0, 0.05) is 6.20 Å². The Labute approximate surface area is 136 Å². The summed E-state index contributed by atoms with van der Waals surface area (Å²) in [6.07, 6.45) is 4.46. The first-order chi connectivity index (χ1) is 11.3. The summed E-state index contributed by atoms with van der Waals surface area (Å²) in [5, 5.41) is 0. The number of fused-ring (bicyclic) bond motifs is 1. The van der Waals surface area contributed by atoms with E-state index in [1.807, 2.05) is 12.3 Å². The van der Waals surface area contributed by atoms with E-state index in [2.05, 4.69) is 51.7 Å². The van der Waals surface area contributed by atoms with Gasteiger partial charge in [-0.15, -0.1) is 0 Å². The van der Waals surface area contributed by atoms with Crippen LogP contribution in [0.1, 0.15) is 29.8 Å². The lowest BCUT2D eigenvalue weighted by Gasteiger charge is -2.15. The lowest BCUT2D eigenvalue weighted by atomic mass is 10.1. The van der Waals surface area contributed by atoms with Gasteiger partial charge >= 0.3 is 0 Å². The normalized spacial score (nSPS) is 15.5. The molecule has 3 heterocycles. The molecule has 23 heavy (non-hydrogen) atoms. The molecule has 4 heteroatoms. The minimum absolute atomic E-state index is 0.830. The summed E-state index contributed by atoms with van der Waals surface area (Å²) in [4.78, 5) is 11.9. The number of imidazole rings is 1. The fourth-order valence-corrected chi connectivity index (χ4v) is 3.31. The molecule has 3 aromatic rings. The van der Waals surface area contributed by atoms with Crippen molar-refractivity contribution in [3.8, 4) is 0 Å². The van der Waals surface area contributed by atoms with Gasteiger partial charge in [0.2, 0.25) is 0 Å². The summed E-state index contributed by atoms with van der Waals surface area (Å²) < 4.78 is 2.28. The maximum absolute atomic E-state index is 4.85. The monoisotopic (exact) mass is 306 g/mol. The molecule has 1 fully saturated rings. The molecule has 0 unspecified atom stereocenters. The number of hydrogen-bond donors (Lipinski definition) is 0. The van der Waals surface area contributed by atoms with Gasteiger partial charge in [0.05, 0.1) is 13.1 Å². The Balaban J connectivity index is 1.71. The number of likely N-dealkylation sites (tertiary alicyclic amines) is 1. The van der Waals surface area contributed by atoms with E-state index in [4.69, 9.17) is 4.98 Å². The second kappa shape index (κ2) is 6.13. The third-order valence-electron chi connectivity index (χ3n) is 4.61. The molecule has 1 aliphatic rings. The number of aryl methyl sites for hydroxylation is 1. The van der Waals surface area contributed by atoms with Crippen molar-refractivity contribution in [3.63, 3.8) is 0 Å². The SMILES string of the molecule is Cc1ccc(Cn2c(CN3CCCC3)nc3cccnc32)cc1. The van der Waals surface area contributed by atoms with Crippen LogP contribution in [0.2, 0.25) is 0 Å². The van der Waals surface area contributed by atoms with Crippen LogP contribution in [0, 0.1) is 6.92 Å². The summed E-state index contributed by atoms with van der Waals surface area (Å²) in [7, 11) is 0. The molecule has 118 valence electrons. The highest BCUT2D eigenvalue weighted by Gasteiger charge is 2.17. The van der Waals surface area contributed by atoms with Gasteiger partial charge < -0.3 is 4.57 Å². The predicted molar refractivity (Wildman–Crippen MR) is 92.3 cm³/mol. The van der Waals surface area contributed by atoms with E-state index in [-0.39, 0.29) is 0 Å². The van der Waals surface area contributed by atoms with Crippen molar-refractivity contribution in [2.24, 2.45) is 0 Å². The highest BCUT2D eigenvalue weighted by molar-refractivity contribution is 5.71. The average molecular weight is 306 g/mol. The van der Waals surface area contributed by atoms with Crippen LogP contribution in [-0.4, -0.2) is 32.5 Å². The van der Waals surface area contributed by atoms with Gasteiger partial charge in [-0.25, -0.2) is 9.97 Å². The highest BCUT2D eigenvalue weighted by Crippen LogP contribution is 2.19. The molecular formula is C19H22N4. The largest absolute Gasteiger partial charge is 0.307 e. The van der Waals surface area contributed by atoms with Crippen LogP contribution < -0.4 is 0 Å². The van der Waals surface area contributed by atoms with Gasteiger partial charge in [0.25, 0.3) is 0 Å². The molecular weight excluding hydrogens is 284 g/mol. The van der Waals surface area contributed by atoms with E-state index in [9.17, 15) is 0 Å². The van der Waals surface area contributed by atoms with Crippen molar-refractivity contribution in [2.45, 2.75) is 32.9 Å². The van der Waals surface area contributed by atoms with Crippen molar-refractivity contribution in [1.82, 2.24) is 19.4 Å². The Morgan fingerprint density at radius 1 is 1.00 bits per heavy atom. The van der Waals surface area contributed by atoms with Crippen LogP contribution in [0.4, 0.5) is 0 Å². The molecule has 4 nitrogen and oxygen atoms in total. The van der Waals surface area contributed by atoms with Crippen LogP contribution in [0.15, 0.2) is 42.6 Å². The number of aromatic nitrogens is 3. The van der Waals surface area contributed by atoms with Gasteiger partial charge in [-0.3, -0.25) is 4.90 Å². The molecule has 2 aromatic heterocycles. The van der Waals surface area contributed by atoms with Crippen LogP contribution in [0.3, 0.4) is 0 Å². The minimum atomic E-state index is 0.830. The number of rotatable bonds is 4. The highest BCUT2D eigenvalue weighted by atomic mass is 15.2. The van der Waals surface area contributed by atoms with Crippen molar-refractivity contribution in [3.05, 3.63) is 59.5 Å². The lowest BCUT2D eigenvalue weighted by Crippen LogP contribution is -2.21. The molecule has 1 saturated heterocycles. The van der Waals surface area contributed by atoms with E-state index in [0.29, 0.717) is 0 Å². The Bertz CT molecular complexity index is 798. The molecule has 0 spiro atoms. The minimum Gasteiger partial charge on any atom is -0.307 e. The number of benzene rings is 1. The molecule has 1 aromatic carbocycles. The molecule has 0 N–H and O–H groups in total. The first-order valence-electron chi connectivity index (χ1n) is 8.37. The fourth-order valence-electron chi connectivity index (χ4n) is 3.31. The standard InChI is InChI=1S/C19H22N4/c1-15-6-8-16(9-7-15)13-23-18(14-22-11-2-3-12-22)21-17-5-4-10-20-19(17)23/h4-10H,2-3,11-14H2,1H3. The van der Waals surface area contributed by atoms with E-state index in [1.165, 1.54) is 37.1 Å². The fraction of sp³-hybridized carbons (Fsp3) is 0.368. The Kier molecular flexibility index (Phi) is 3.83. The maximum atomic E-state index is 4.85. The molecule has 4 rings (SSSR count). The molecule has 0 atom stereocenters. The molecule has 1 aliphatic heterocycles. The summed E-state index contributed by atoms with van der Waals surface area (Å²) in [6, 6.07) is 12.8. The van der Waals surface area contributed by atoms with Crippen LogP contribution in [0.25, 0.3) is 11.2 Å². The topological polar surface area (TPSA) is 34.0 Å². The molecule has 0 bridgehead atoms. The molecule has 0 amide bonds. The molecule has 0 aliphatic carbocycles. The zero-order chi connectivity index (χ0) is 15.6. The van der Waals surface area contributed by atoms with Crippen LogP contribution in [-0.2, 0) is 13.1 Å². The average Bonchev–Trinajstić information content (AvgIpc) is 3.19. The van der Waals surface area contributed by atoms with Crippen LogP contribution in [0.5, 0.6) is 0 Å². The zero-order valence-electron chi connectivity index (χ0n) is 13.6. The first-order valence-corrected chi connectivity index (χ1v) is 8.37. The summed E-state index contributed by atoms with van der Waals surface area (Å²) >= 11 is 0. The van der Waals surface area contributed by atoms with Crippen molar-refractivity contribution >= 4 is 11.2 Å². The van der Waals surface area contributed by atoms with Gasteiger partial charge in [-0.2, -0.15) is 0 Å². The second-order valence-corrected chi connectivity index (χ2v) is 6.43. The van der Waals surface area contributed by atoms with Crippen molar-refractivity contribution < 1.29 is 0 Å². The van der Waals surface area contributed by atoms with Gasteiger partial charge in [-0.05, 0) is 50.6 Å². The van der Waals surface area contributed by atoms with E-state index >= 15 is 0 Å². The van der Waals surface area contributed by atoms with E-state index in [1.54, 1.807) is 0 Å². The Morgan fingerprint density at radius 2 is 1.78 bits per heavy atom. The number of pyridine rings is 1. The Hall–Kier alpha value is -2.20. The smallest absolute Gasteiger partial charge is 0.160 e. The van der Waals surface area contributed by atoms with E-state index in [0.717, 1.165) is 30.1 Å². The van der Waals surface area contributed by atoms with Crippen molar-refractivity contribution in [2.75, 3.05) is 13.1 Å². The molecule has 0 saturated carbocycles. The van der Waals surface area contributed by atoms with E-state index < -0.39 is 0 Å².